The molecule has 3 nitrogen and oxygen atoms in total. The first-order valence-electron chi connectivity index (χ1n) is 8.82. The molecular weight excluding hydrogens is 347 g/mol. The lowest BCUT2D eigenvalue weighted by Crippen LogP contribution is -2.45. The molecule has 0 rings (SSSR count). The second kappa shape index (κ2) is 12.2. The lowest BCUT2D eigenvalue weighted by molar-refractivity contribution is -0.279. The van der Waals surface area contributed by atoms with E-state index in [0.29, 0.717) is 12.8 Å². The van der Waals surface area contributed by atoms with E-state index in [4.69, 9.17) is 0 Å². The van der Waals surface area contributed by atoms with Crippen LogP contribution in [0, 0.1) is 0 Å². The number of esters is 2. The van der Waals surface area contributed by atoms with Gasteiger partial charge in [0.1, 0.15) is 0 Å². The highest BCUT2D eigenvalue weighted by atomic mass is 19.4. The third kappa shape index (κ3) is 10.4. The third-order valence-electron chi connectivity index (χ3n) is 3.80. The third-order valence-corrected chi connectivity index (χ3v) is 3.80. The monoisotopic (exact) mass is 374 g/mol. The molecule has 8 heteroatoms. The highest BCUT2D eigenvalue weighted by molar-refractivity contribution is 5.89. The zero-order valence-corrected chi connectivity index (χ0v) is 14.6. The van der Waals surface area contributed by atoms with Crippen molar-refractivity contribution in [1.29, 1.82) is 0 Å². The van der Waals surface area contributed by atoms with Gasteiger partial charge in [-0.05, 0) is 6.42 Å². The fourth-order valence-electron chi connectivity index (χ4n) is 2.27. The van der Waals surface area contributed by atoms with Crippen LogP contribution in [0.25, 0.3) is 0 Å². The Morgan fingerprint density at radius 1 is 0.720 bits per heavy atom. The van der Waals surface area contributed by atoms with E-state index in [-0.39, 0.29) is 6.42 Å². The number of alkyl halides is 5. The molecule has 25 heavy (non-hydrogen) atoms. The van der Waals surface area contributed by atoms with E-state index in [2.05, 4.69) is 11.7 Å². The van der Waals surface area contributed by atoms with E-state index in [1.165, 1.54) is 32.1 Å². The number of halogens is 5. The van der Waals surface area contributed by atoms with Crippen LogP contribution in [0.15, 0.2) is 0 Å². The van der Waals surface area contributed by atoms with Crippen LogP contribution in [0.2, 0.25) is 0 Å². The van der Waals surface area contributed by atoms with E-state index < -0.39 is 24.0 Å². The van der Waals surface area contributed by atoms with Gasteiger partial charge in [-0.1, -0.05) is 71.1 Å². The molecule has 0 heterocycles. The van der Waals surface area contributed by atoms with Gasteiger partial charge in [0, 0.05) is 6.42 Å². The van der Waals surface area contributed by atoms with Crippen LogP contribution in [0.3, 0.4) is 0 Å². The second-order valence-corrected chi connectivity index (χ2v) is 6.12. The highest BCUT2D eigenvalue weighted by Crippen LogP contribution is 2.36. The first kappa shape index (κ1) is 23.8. The van der Waals surface area contributed by atoms with Crippen molar-refractivity contribution in [2.45, 2.75) is 96.1 Å². The Morgan fingerprint density at radius 3 is 1.52 bits per heavy atom. The number of carbonyl (C=O) groups is 2. The summed E-state index contributed by atoms with van der Waals surface area (Å²) in [7, 11) is 0. The van der Waals surface area contributed by atoms with Crippen molar-refractivity contribution < 1.29 is 36.3 Å². The molecule has 0 amide bonds. The Labute approximate surface area is 145 Å². The van der Waals surface area contributed by atoms with Crippen molar-refractivity contribution in [2.75, 3.05) is 0 Å². The van der Waals surface area contributed by atoms with Crippen LogP contribution < -0.4 is 0 Å². The van der Waals surface area contributed by atoms with Gasteiger partial charge in [0.05, 0.1) is 0 Å². The van der Waals surface area contributed by atoms with Gasteiger partial charge in [-0.25, -0.2) is 4.79 Å². The van der Waals surface area contributed by atoms with Gasteiger partial charge < -0.3 is 4.74 Å². The molecule has 0 spiro atoms. The number of ether oxygens (including phenoxy) is 1. The minimum atomic E-state index is -6.07. The van der Waals surface area contributed by atoms with Gasteiger partial charge in [-0.3, -0.25) is 4.79 Å². The molecule has 0 bridgehead atoms. The van der Waals surface area contributed by atoms with Crippen molar-refractivity contribution >= 4 is 11.9 Å². The molecule has 0 aliphatic rings. The SMILES string of the molecule is CCCCCCCCCCCCCC(=O)OC(=O)C(F)(F)C(F)(F)F. The first-order chi connectivity index (χ1) is 11.6. The topological polar surface area (TPSA) is 43.4 Å². The second-order valence-electron chi connectivity index (χ2n) is 6.12. The van der Waals surface area contributed by atoms with Crippen LogP contribution in [0.1, 0.15) is 84.0 Å². The van der Waals surface area contributed by atoms with Crippen LogP contribution in [-0.4, -0.2) is 24.0 Å². The Kier molecular flexibility index (Phi) is 11.6. The number of rotatable bonds is 13. The van der Waals surface area contributed by atoms with Crippen molar-refractivity contribution in [3.05, 3.63) is 0 Å². The van der Waals surface area contributed by atoms with Crippen molar-refractivity contribution in [3.63, 3.8) is 0 Å². The standard InChI is InChI=1S/C17H27F5O3/c1-2-3-4-5-6-7-8-9-10-11-12-13-14(23)25-15(24)16(18,19)17(20,21)22/h2-13H2,1H3. The maximum Gasteiger partial charge on any atom is 0.465 e. The van der Waals surface area contributed by atoms with Crippen molar-refractivity contribution in [3.8, 4) is 0 Å². The lowest BCUT2D eigenvalue weighted by Gasteiger charge is -2.16. The molecule has 0 aliphatic carbocycles. The summed E-state index contributed by atoms with van der Waals surface area (Å²) in [5.41, 5.74) is 0. The van der Waals surface area contributed by atoms with Crippen LogP contribution in [0.4, 0.5) is 22.0 Å². The summed E-state index contributed by atoms with van der Waals surface area (Å²) < 4.78 is 64.5. The van der Waals surface area contributed by atoms with Gasteiger partial charge in [0.25, 0.3) is 0 Å². The quantitative estimate of drug-likeness (QED) is 0.173. The van der Waals surface area contributed by atoms with Crippen LogP contribution in [0.5, 0.6) is 0 Å². The molecule has 0 aromatic carbocycles. The minimum absolute atomic E-state index is 0.292. The van der Waals surface area contributed by atoms with Crippen LogP contribution in [-0.2, 0) is 14.3 Å². The first-order valence-corrected chi connectivity index (χ1v) is 8.82. The summed E-state index contributed by atoms with van der Waals surface area (Å²) in [5.74, 6) is -9.89. The molecule has 0 radical (unpaired) electrons. The minimum Gasteiger partial charge on any atom is -0.388 e. The van der Waals surface area contributed by atoms with Gasteiger partial charge >= 0.3 is 24.0 Å². The van der Waals surface area contributed by atoms with Gasteiger partial charge in [0.15, 0.2) is 0 Å². The summed E-state index contributed by atoms with van der Waals surface area (Å²) in [6.07, 6.45) is 4.70. The van der Waals surface area contributed by atoms with E-state index in [1.807, 2.05) is 0 Å². The largest absolute Gasteiger partial charge is 0.465 e. The zero-order chi connectivity index (χ0) is 19.3. The molecule has 0 aromatic rings. The normalized spacial score (nSPS) is 12.2. The van der Waals surface area contributed by atoms with E-state index in [0.717, 1.165) is 25.7 Å². The molecule has 0 aromatic heterocycles. The number of hydrogen-bond donors (Lipinski definition) is 0. The lowest BCUT2D eigenvalue weighted by atomic mass is 10.1. The Morgan fingerprint density at radius 2 is 1.12 bits per heavy atom. The van der Waals surface area contributed by atoms with Gasteiger partial charge in [-0.2, -0.15) is 22.0 Å². The Bertz CT molecular complexity index is 394. The molecule has 0 saturated carbocycles. The molecule has 0 atom stereocenters. The summed E-state index contributed by atoms with van der Waals surface area (Å²) in [6.45, 7) is 2.16. The molecule has 0 saturated heterocycles. The summed E-state index contributed by atoms with van der Waals surface area (Å²) >= 11 is 0. The van der Waals surface area contributed by atoms with E-state index in [1.54, 1.807) is 0 Å². The molecule has 0 aliphatic heterocycles. The predicted octanol–water partition coefficient (Wildman–Crippen LogP) is 5.95. The van der Waals surface area contributed by atoms with Gasteiger partial charge in [-0.15, -0.1) is 0 Å². The Hall–Kier alpha value is -1.21. The molecule has 0 fully saturated rings. The molecular formula is C17H27F5O3. The van der Waals surface area contributed by atoms with Crippen molar-refractivity contribution in [1.82, 2.24) is 0 Å². The maximum atomic E-state index is 12.6. The van der Waals surface area contributed by atoms with Gasteiger partial charge in [0.2, 0.25) is 0 Å². The Balaban J connectivity index is 3.67. The van der Waals surface area contributed by atoms with E-state index >= 15 is 0 Å². The smallest absolute Gasteiger partial charge is 0.388 e. The summed E-state index contributed by atoms with van der Waals surface area (Å²) in [4.78, 5) is 21.9. The average Bonchev–Trinajstić information content (AvgIpc) is 2.51. The predicted molar refractivity (Wildman–Crippen MR) is 83.2 cm³/mol. The molecule has 148 valence electrons. The maximum absolute atomic E-state index is 12.6. The number of hydrogen-bond acceptors (Lipinski definition) is 3. The average molecular weight is 374 g/mol. The number of carbonyl (C=O) groups excluding carboxylic acids is 2. The van der Waals surface area contributed by atoms with Crippen LogP contribution >= 0.6 is 0 Å². The number of unbranched alkanes of at least 4 members (excludes halogenated alkanes) is 10. The zero-order valence-electron chi connectivity index (χ0n) is 14.6. The van der Waals surface area contributed by atoms with Crippen molar-refractivity contribution in [2.24, 2.45) is 0 Å². The summed E-state index contributed by atoms with van der Waals surface area (Å²) in [6, 6.07) is 0. The molecule has 0 N–H and O–H groups in total. The van der Waals surface area contributed by atoms with E-state index in [9.17, 15) is 31.5 Å². The fourth-order valence-corrected chi connectivity index (χ4v) is 2.27. The highest BCUT2D eigenvalue weighted by Gasteiger charge is 2.65. The molecule has 0 unspecified atom stereocenters. The fraction of sp³-hybridized carbons (Fsp3) is 0.882. The summed E-state index contributed by atoms with van der Waals surface area (Å²) in [5, 5.41) is 0.